The number of phenols is 1. The molecule has 2 fully saturated rings. The Morgan fingerprint density at radius 3 is 2.74 bits per heavy atom. The van der Waals surface area contributed by atoms with E-state index in [1.165, 1.54) is 18.2 Å². The Kier molecular flexibility index (Phi) is 5.93. The van der Waals surface area contributed by atoms with Gasteiger partial charge in [-0.05, 0) is 80.1 Å². The first kappa shape index (κ1) is 24.2. The first-order valence-electron chi connectivity index (χ1n) is 12.8. The molecule has 1 saturated carbocycles. The maximum absolute atomic E-state index is 14.2. The number of rotatable bonds is 4. The average molecular weight is 509 g/mol. The van der Waals surface area contributed by atoms with E-state index in [0.717, 1.165) is 42.4 Å². The third-order valence-electron chi connectivity index (χ3n) is 7.61. The standard InChI is InChI=1S/C31H29FN4O2/c1-19-11-20(7-8-21-15-31(16-21)17-36(2)18-31)12-27(33-19)30(38)35-29(24-14-23(32)9-10-28(24)37)26-13-22-5-3-4-6-25(22)34-26/h3-6,9-14,21,29,34,37H,15-18H2,1-2H3,(H,35,38). The molecule has 0 bridgehead atoms. The van der Waals surface area contributed by atoms with Gasteiger partial charge in [0.05, 0.1) is 6.04 Å². The van der Waals surface area contributed by atoms with E-state index in [1.807, 2.05) is 43.3 Å². The molecule has 4 aromatic rings. The molecule has 6 nitrogen and oxygen atoms in total. The SMILES string of the molecule is Cc1cc(C#CC2CC3(C2)CN(C)C3)cc(C(=O)NC(c2cc3ccccc3[nH]2)c2cc(F)ccc2O)n1. The highest BCUT2D eigenvalue weighted by atomic mass is 19.1. The molecule has 1 spiro atoms. The molecule has 1 unspecified atom stereocenters. The van der Waals surface area contributed by atoms with Crippen molar-refractivity contribution in [3.63, 3.8) is 0 Å². The van der Waals surface area contributed by atoms with E-state index >= 15 is 0 Å². The summed E-state index contributed by atoms with van der Waals surface area (Å²) in [5.41, 5.74) is 3.85. The Morgan fingerprint density at radius 2 is 1.97 bits per heavy atom. The molecule has 1 atom stereocenters. The molecule has 1 saturated heterocycles. The number of H-pyrrole nitrogens is 1. The minimum Gasteiger partial charge on any atom is -0.508 e. The number of amides is 1. The summed E-state index contributed by atoms with van der Waals surface area (Å²) in [6.07, 6.45) is 2.26. The first-order chi connectivity index (χ1) is 18.3. The van der Waals surface area contributed by atoms with Crippen molar-refractivity contribution in [2.75, 3.05) is 20.1 Å². The molecule has 3 heterocycles. The van der Waals surface area contributed by atoms with E-state index in [4.69, 9.17) is 0 Å². The Hall–Kier alpha value is -4.15. The van der Waals surface area contributed by atoms with Crippen LogP contribution < -0.4 is 5.32 Å². The van der Waals surface area contributed by atoms with Crippen LogP contribution in [0.25, 0.3) is 10.9 Å². The van der Waals surface area contributed by atoms with Crippen LogP contribution in [0.15, 0.2) is 60.7 Å². The molecular weight excluding hydrogens is 479 g/mol. The van der Waals surface area contributed by atoms with Crippen LogP contribution in [0, 0.1) is 35.9 Å². The predicted octanol–water partition coefficient (Wildman–Crippen LogP) is 4.93. The summed E-state index contributed by atoms with van der Waals surface area (Å²) < 4.78 is 14.2. The molecule has 2 aromatic heterocycles. The lowest BCUT2D eigenvalue weighted by Crippen LogP contribution is -2.60. The topological polar surface area (TPSA) is 81.2 Å². The Balaban J connectivity index is 1.27. The number of aromatic nitrogens is 2. The van der Waals surface area contributed by atoms with Crippen LogP contribution in [-0.4, -0.2) is 46.0 Å². The number of carbonyl (C=O) groups excluding carboxylic acids is 1. The van der Waals surface area contributed by atoms with E-state index in [2.05, 4.69) is 39.1 Å². The molecule has 2 aliphatic rings. The number of nitrogens with zero attached hydrogens (tertiary/aromatic N) is 2. The van der Waals surface area contributed by atoms with Crippen molar-refractivity contribution in [3.05, 3.63) is 94.7 Å². The van der Waals surface area contributed by atoms with Crippen LogP contribution in [0.5, 0.6) is 5.75 Å². The minimum atomic E-state index is -0.825. The number of aryl methyl sites for hydroxylation is 1. The van der Waals surface area contributed by atoms with Gasteiger partial charge in [0.15, 0.2) is 0 Å². The second kappa shape index (κ2) is 9.30. The number of hydrogen-bond acceptors (Lipinski definition) is 4. The lowest BCUT2D eigenvalue weighted by molar-refractivity contribution is -0.0651. The molecule has 3 N–H and O–H groups in total. The summed E-state index contributed by atoms with van der Waals surface area (Å²) >= 11 is 0. The number of carbonyl (C=O) groups is 1. The fraction of sp³-hybridized carbons (Fsp3) is 0.290. The van der Waals surface area contributed by atoms with Crippen molar-refractivity contribution in [1.29, 1.82) is 0 Å². The summed E-state index contributed by atoms with van der Waals surface area (Å²) in [4.78, 5) is 23.5. The van der Waals surface area contributed by atoms with Gasteiger partial charge in [-0.3, -0.25) is 4.79 Å². The molecular formula is C31H29FN4O2. The Bertz CT molecular complexity index is 1570. The van der Waals surface area contributed by atoms with Crippen LogP contribution in [0.4, 0.5) is 4.39 Å². The van der Waals surface area contributed by atoms with Crippen LogP contribution in [0.3, 0.4) is 0 Å². The zero-order valence-corrected chi connectivity index (χ0v) is 21.4. The molecule has 1 aliphatic heterocycles. The number of fused-ring (bicyclic) bond motifs is 1. The largest absolute Gasteiger partial charge is 0.508 e. The minimum absolute atomic E-state index is 0.116. The maximum Gasteiger partial charge on any atom is 0.270 e. The fourth-order valence-corrected chi connectivity index (χ4v) is 6.02. The highest BCUT2D eigenvalue weighted by Gasteiger charge is 2.50. The Labute approximate surface area is 220 Å². The van der Waals surface area contributed by atoms with Crippen molar-refractivity contribution in [2.24, 2.45) is 11.3 Å². The zero-order valence-electron chi connectivity index (χ0n) is 21.4. The fourth-order valence-electron chi connectivity index (χ4n) is 6.02. The van der Waals surface area contributed by atoms with Crippen molar-refractivity contribution in [2.45, 2.75) is 25.8 Å². The molecule has 1 amide bonds. The summed E-state index contributed by atoms with van der Waals surface area (Å²) in [6.45, 7) is 4.14. The number of pyridine rings is 1. The summed E-state index contributed by atoms with van der Waals surface area (Å²) in [5.74, 6) is 5.95. The number of likely N-dealkylation sites (tertiary alicyclic amines) is 1. The van der Waals surface area contributed by atoms with Gasteiger partial charge in [-0.1, -0.05) is 30.0 Å². The van der Waals surface area contributed by atoms with E-state index in [-0.39, 0.29) is 17.0 Å². The molecule has 7 heteroatoms. The highest BCUT2D eigenvalue weighted by molar-refractivity contribution is 5.93. The third-order valence-corrected chi connectivity index (χ3v) is 7.61. The molecule has 6 rings (SSSR count). The van der Waals surface area contributed by atoms with Crippen molar-refractivity contribution < 1.29 is 14.3 Å². The number of aromatic amines is 1. The smallest absolute Gasteiger partial charge is 0.270 e. The average Bonchev–Trinajstić information content (AvgIpc) is 3.28. The Morgan fingerprint density at radius 1 is 1.18 bits per heavy atom. The summed E-state index contributed by atoms with van der Waals surface area (Å²) in [7, 11) is 2.15. The number of benzene rings is 2. The number of para-hydroxylation sites is 1. The van der Waals surface area contributed by atoms with Gasteiger partial charge in [-0.25, -0.2) is 9.37 Å². The van der Waals surface area contributed by atoms with Crippen LogP contribution in [-0.2, 0) is 0 Å². The summed E-state index contributed by atoms with van der Waals surface area (Å²) in [5, 5.41) is 14.5. The summed E-state index contributed by atoms with van der Waals surface area (Å²) in [6, 6.07) is 16.0. The lowest BCUT2D eigenvalue weighted by Gasteiger charge is -2.57. The van der Waals surface area contributed by atoms with Crippen LogP contribution in [0.1, 0.15) is 51.9 Å². The molecule has 2 aromatic carbocycles. The van der Waals surface area contributed by atoms with Crippen LogP contribution >= 0.6 is 0 Å². The quantitative estimate of drug-likeness (QED) is 0.342. The van der Waals surface area contributed by atoms with Gasteiger partial charge < -0.3 is 20.3 Å². The lowest BCUT2D eigenvalue weighted by atomic mass is 9.58. The molecule has 0 radical (unpaired) electrons. The zero-order chi connectivity index (χ0) is 26.4. The van der Waals surface area contributed by atoms with Gasteiger partial charge in [-0.15, -0.1) is 0 Å². The number of hydrogen-bond donors (Lipinski definition) is 3. The number of aromatic hydroxyl groups is 1. The van der Waals surface area contributed by atoms with Gasteiger partial charge in [-0.2, -0.15) is 0 Å². The van der Waals surface area contributed by atoms with Gasteiger partial charge >= 0.3 is 0 Å². The second-order valence-electron chi connectivity index (χ2n) is 10.9. The maximum atomic E-state index is 14.2. The van der Waals surface area contributed by atoms with Crippen molar-refractivity contribution in [3.8, 4) is 17.6 Å². The van der Waals surface area contributed by atoms with Crippen molar-refractivity contribution >= 4 is 16.8 Å². The van der Waals surface area contributed by atoms with E-state index in [9.17, 15) is 14.3 Å². The van der Waals surface area contributed by atoms with E-state index in [1.54, 1.807) is 6.07 Å². The molecule has 38 heavy (non-hydrogen) atoms. The predicted molar refractivity (Wildman–Crippen MR) is 144 cm³/mol. The first-order valence-corrected chi connectivity index (χ1v) is 12.8. The van der Waals surface area contributed by atoms with E-state index in [0.29, 0.717) is 22.7 Å². The highest BCUT2D eigenvalue weighted by Crippen LogP contribution is 2.51. The van der Waals surface area contributed by atoms with Gasteiger partial charge in [0.1, 0.15) is 17.3 Å². The second-order valence-corrected chi connectivity index (χ2v) is 10.9. The third kappa shape index (κ3) is 4.64. The monoisotopic (exact) mass is 508 g/mol. The van der Waals surface area contributed by atoms with Gasteiger partial charge in [0.25, 0.3) is 5.91 Å². The van der Waals surface area contributed by atoms with Crippen LogP contribution in [0.2, 0.25) is 0 Å². The number of nitrogens with one attached hydrogen (secondary N) is 2. The molecule has 1 aliphatic carbocycles. The molecule has 192 valence electrons. The van der Waals surface area contributed by atoms with Gasteiger partial charge in [0, 0.05) is 47.0 Å². The number of phenolic OH excluding ortho intramolecular Hbond substituents is 1. The normalized spacial score (nSPS) is 17.3. The number of halogens is 1. The van der Waals surface area contributed by atoms with Gasteiger partial charge in [0.2, 0.25) is 0 Å². The van der Waals surface area contributed by atoms with E-state index < -0.39 is 17.8 Å². The van der Waals surface area contributed by atoms with Crippen molar-refractivity contribution in [1.82, 2.24) is 20.2 Å².